The quantitative estimate of drug-likeness (QED) is 0.776. The second-order valence-electron chi connectivity index (χ2n) is 3.73. The number of pyridine rings is 1. The zero-order valence-corrected chi connectivity index (χ0v) is 9.67. The number of hydrogen-bond acceptors (Lipinski definition) is 2. The summed E-state index contributed by atoms with van der Waals surface area (Å²) in [7, 11) is 0. The fourth-order valence-corrected chi connectivity index (χ4v) is 1.40. The molecule has 0 bridgehead atoms. The van der Waals surface area contributed by atoms with Crippen molar-refractivity contribution in [1.29, 1.82) is 0 Å². The van der Waals surface area contributed by atoms with Gasteiger partial charge in [0.1, 0.15) is 5.82 Å². The monoisotopic (exact) mass is 212 g/mol. The Morgan fingerprint density at radius 2 is 2.21 bits per heavy atom. The third-order valence-corrected chi connectivity index (χ3v) is 2.96. The highest BCUT2D eigenvalue weighted by Crippen LogP contribution is 2.14. The molecular weight excluding hydrogens is 196 g/mol. The Bertz CT molecular complexity index is 288. The molecule has 2 atom stereocenters. The largest absolute Gasteiger partial charge is 0.367 e. The van der Waals surface area contributed by atoms with Gasteiger partial charge >= 0.3 is 0 Å². The highest BCUT2D eigenvalue weighted by molar-refractivity contribution is 6.18. The van der Waals surface area contributed by atoms with Crippen molar-refractivity contribution in [2.45, 2.75) is 26.8 Å². The Kier molecular flexibility index (Phi) is 4.21. The molecule has 1 N–H and O–H groups in total. The molecule has 0 saturated carbocycles. The van der Waals surface area contributed by atoms with E-state index in [9.17, 15) is 0 Å². The average molecular weight is 213 g/mol. The Morgan fingerprint density at radius 1 is 1.50 bits per heavy atom. The minimum absolute atomic E-state index is 0.348. The van der Waals surface area contributed by atoms with E-state index in [1.807, 2.05) is 19.1 Å². The van der Waals surface area contributed by atoms with Crippen LogP contribution in [0.25, 0.3) is 0 Å². The van der Waals surface area contributed by atoms with E-state index in [0.717, 1.165) is 5.82 Å². The Morgan fingerprint density at radius 3 is 2.79 bits per heavy atom. The minimum atomic E-state index is 0.348. The Hall–Kier alpha value is -0.760. The summed E-state index contributed by atoms with van der Waals surface area (Å²) in [4.78, 5) is 4.28. The topological polar surface area (TPSA) is 24.9 Å². The Balaban J connectivity index is 2.64. The summed E-state index contributed by atoms with van der Waals surface area (Å²) in [6.07, 6.45) is 1.80. The molecule has 3 heteroatoms. The number of aromatic nitrogens is 1. The fraction of sp³-hybridized carbons (Fsp3) is 0.545. The number of nitrogens with zero attached hydrogens (tertiary/aromatic N) is 1. The third-order valence-electron chi connectivity index (χ3n) is 2.47. The lowest BCUT2D eigenvalue weighted by Gasteiger charge is -2.20. The fourth-order valence-electron chi connectivity index (χ4n) is 1.13. The van der Waals surface area contributed by atoms with Gasteiger partial charge in [0.25, 0.3) is 0 Å². The van der Waals surface area contributed by atoms with Crippen LogP contribution < -0.4 is 5.32 Å². The standard InChI is InChI=1S/C11H17ClN2/c1-8-5-4-6-13-11(8)14-10(3)9(2)7-12/h4-6,9-10H,7H2,1-3H3,(H,13,14). The molecule has 2 nitrogen and oxygen atoms in total. The summed E-state index contributed by atoms with van der Waals surface area (Å²) in [6, 6.07) is 4.34. The van der Waals surface area contributed by atoms with Crippen LogP contribution in [0.5, 0.6) is 0 Å². The van der Waals surface area contributed by atoms with Crippen LogP contribution in [0.3, 0.4) is 0 Å². The van der Waals surface area contributed by atoms with Gasteiger partial charge < -0.3 is 5.32 Å². The van der Waals surface area contributed by atoms with E-state index in [-0.39, 0.29) is 0 Å². The van der Waals surface area contributed by atoms with Gasteiger partial charge in [-0.25, -0.2) is 4.98 Å². The van der Waals surface area contributed by atoms with Gasteiger partial charge in [0, 0.05) is 18.1 Å². The Labute approximate surface area is 90.7 Å². The molecule has 1 aromatic heterocycles. The highest BCUT2D eigenvalue weighted by Gasteiger charge is 2.11. The minimum Gasteiger partial charge on any atom is -0.367 e. The van der Waals surface area contributed by atoms with Crippen LogP contribution in [0.4, 0.5) is 5.82 Å². The summed E-state index contributed by atoms with van der Waals surface area (Å²) in [5.74, 6) is 2.06. The van der Waals surface area contributed by atoms with Crippen molar-refractivity contribution in [3.05, 3.63) is 23.9 Å². The SMILES string of the molecule is Cc1cccnc1NC(C)C(C)CCl. The number of hydrogen-bond donors (Lipinski definition) is 1. The molecule has 1 heterocycles. The number of rotatable bonds is 4. The molecule has 0 aromatic carbocycles. The second kappa shape index (κ2) is 5.20. The van der Waals surface area contributed by atoms with Crippen LogP contribution in [0.1, 0.15) is 19.4 Å². The molecule has 0 fully saturated rings. The maximum Gasteiger partial charge on any atom is 0.129 e. The van der Waals surface area contributed by atoms with Gasteiger partial charge in [-0.15, -0.1) is 11.6 Å². The average Bonchev–Trinajstić information content (AvgIpc) is 2.20. The number of alkyl halides is 1. The van der Waals surface area contributed by atoms with E-state index in [0.29, 0.717) is 17.8 Å². The van der Waals surface area contributed by atoms with Crippen molar-refractivity contribution in [3.63, 3.8) is 0 Å². The first-order valence-corrected chi connectivity index (χ1v) is 5.42. The smallest absolute Gasteiger partial charge is 0.129 e. The van der Waals surface area contributed by atoms with Crippen LogP contribution in [-0.4, -0.2) is 16.9 Å². The zero-order valence-electron chi connectivity index (χ0n) is 8.92. The van der Waals surface area contributed by atoms with Gasteiger partial charge in [-0.1, -0.05) is 13.0 Å². The number of halogens is 1. The number of nitrogens with one attached hydrogen (secondary N) is 1. The maximum absolute atomic E-state index is 5.79. The van der Waals surface area contributed by atoms with Crippen LogP contribution in [0.2, 0.25) is 0 Å². The van der Waals surface area contributed by atoms with Crippen molar-refractivity contribution in [2.75, 3.05) is 11.2 Å². The molecule has 0 aliphatic carbocycles. The lowest BCUT2D eigenvalue weighted by atomic mass is 10.1. The lowest BCUT2D eigenvalue weighted by Crippen LogP contribution is -2.25. The van der Waals surface area contributed by atoms with E-state index in [1.165, 1.54) is 5.56 Å². The first kappa shape index (κ1) is 11.3. The third kappa shape index (κ3) is 2.88. The predicted octanol–water partition coefficient (Wildman–Crippen LogP) is 3.07. The van der Waals surface area contributed by atoms with Gasteiger partial charge in [0.2, 0.25) is 0 Å². The second-order valence-corrected chi connectivity index (χ2v) is 4.04. The van der Waals surface area contributed by atoms with Crippen molar-refractivity contribution < 1.29 is 0 Å². The van der Waals surface area contributed by atoms with Crippen molar-refractivity contribution in [2.24, 2.45) is 5.92 Å². The molecule has 1 aromatic rings. The molecular formula is C11H17ClN2. The maximum atomic E-state index is 5.79. The molecule has 0 aliphatic heterocycles. The molecule has 0 spiro atoms. The van der Waals surface area contributed by atoms with E-state index < -0.39 is 0 Å². The van der Waals surface area contributed by atoms with Gasteiger partial charge in [-0.3, -0.25) is 0 Å². The highest BCUT2D eigenvalue weighted by atomic mass is 35.5. The van der Waals surface area contributed by atoms with Crippen LogP contribution in [0.15, 0.2) is 18.3 Å². The summed E-state index contributed by atoms with van der Waals surface area (Å²) in [5, 5.41) is 3.37. The molecule has 78 valence electrons. The van der Waals surface area contributed by atoms with Crippen LogP contribution in [-0.2, 0) is 0 Å². The van der Waals surface area contributed by atoms with Crippen LogP contribution in [0, 0.1) is 12.8 Å². The molecule has 14 heavy (non-hydrogen) atoms. The zero-order chi connectivity index (χ0) is 10.6. The molecule has 0 aliphatic rings. The molecule has 1 rings (SSSR count). The summed E-state index contributed by atoms with van der Waals surface area (Å²) < 4.78 is 0. The first-order chi connectivity index (χ1) is 6.65. The van der Waals surface area contributed by atoms with Gasteiger partial charge in [-0.05, 0) is 31.4 Å². The van der Waals surface area contributed by atoms with Gasteiger partial charge in [-0.2, -0.15) is 0 Å². The number of aryl methyl sites for hydroxylation is 1. The van der Waals surface area contributed by atoms with Gasteiger partial charge in [0.05, 0.1) is 0 Å². The van der Waals surface area contributed by atoms with Crippen molar-refractivity contribution in [1.82, 2.24) is 4.98 Å². The lowest BCUT2D eigenvalue weighted by molar-refractivity contribution is 0.564. The van der Waals surface area contributed by atoms with Crippen molar-refractivity contribution >= 4 is 17.4 Å². The molecule has 0 radical (unpaired) electrons. The molecule has 0 amide bonds. The molecule has 2 unspecified atom stereocenters. The summed E-state index contributed by atoms with van der Waals surface area (Å²) in [5.41, 5.74) is 1.17. The molecule has 0 saturated heterocycles. The van der Waals surface area contributed by atoms with Crippen molar-refractivity contribution in [3.8, 4) is 0 Å². The van der Waals surface area contributed by atoms with E-state index in [2.05, 4.69) is 24.1 Å². The van der Waals surface area contributed by atoms with Gasteiger partial charge in [0.15, 0.2) is 0 Å². The summed E-state index contributed by atoms with van der Waals surface area (Å²) >= 11 is 5.79. The van der Waals surface area contributed by atoms with E-state index >= 15 is 0 Å². The summed E-state index contributed by atoms with van der Waals surface area (Å²) in [6.45, 7) is 6.30. The normalized spacial score (nSPS) is 14.9. The first-order valence-electron chi connectivity index (χ1n) is 4.89. The van der Waals surface area contributed by atoms with Crippen LogP contribution >= 0.6 is 11.6 Å². The van der Waals surface area contributed by atoms with E-state index in [4.69, 9.17) is 11.6 Å². The number of anilines is 1. The predicted molar refractivity (Wildman–Crippen MR) is 61.9 cm³/mol. The van der Waals surface area contributed by atoms with E-state index in [1.54, 1.807) is 6.20 Å².